The molecule has 0 heterocycles. The van der Waals surface area contributed by atoms with Gasteiger partial charge in [-0.2, -0.15) is 26.3 Å². The predicted octanol–water partition coefficient (Wildman–Crippen LogP) is 8.97. The number of nitrogens with zero attached hydrogens (tertiary/aromatic N) is 1. The maximum atomic E-state index is 13.2. The highest BCUT2D eigenvalue weighted by atomic mass is 19.4. The molecule has 0 spiro atoms. The highest BCUT2D eigenvalue weighted by molar-refractivity contribution is 6.01. The Labute approximate surface area is 274 Å². The topological polar surface area (TPSA) is 61.4 Å². The molecule has 2 N–H and O–H groups in total. The van der Waals surface area contributed by atoms with Gasteiger partial charge in [0.1, 0.15) is 6.54 Å². The molecule has 2 unspecified atom stereocenters. The number of benzene rings is 2. The summed E-state index contributed by atoms with van der Waals surface area (Å²) in [5.41, 5.74) is 1.56. The van der Waals surface area contributed by atoms with Gasteiger partial charge >= 0.3 is 12.4 Å². The van der Waals surface area contributed by atoms with Gasteiger partial charge in [0.2, 0.25) is 5.91 Å². The van der Waals surface area contributed by atoms with Crippen molar-refractivity contribution in [2.45, 2.75) is 83.1 Å². The Morgan fingerprint density at radius 3 is 2.23 bits per heavy atom. The molecule has 5 nitrogen and oxygen atoms in total. The molecule has 47 heavy (non-hydrogen) atoms. The predicted molar refractivity (Wildman–Crippen MR) is 175 cm³/mol. The van der Waals surface area contributed by atoms with Crippen LogP contribution in [-0.4, -0.2) is 55.6 Å². The van der Waals surface area contributed by atoms with Gasteiger partial charge in [-0.25, -0.2) is 0 Å². The van der Waals surface area contributed by atoms with Crippen LogP contribution in [0, 0.1) is 5.92 Å². The Morgan fingerprint density at radius 1 is 0.936 bits per heavy atom. The van der Waals surface area contributed by atoms with E-state index in [4.69, 9.17) is 0 Å². The van der Waals surface area contributed by atoms with Gasteiger partial charge in [0.05, 0.1) is 5.56 Å². The number of hydrogen-bond donors (Lipinski definition) is 2. The van der Waals surface area contributed by atoms with Crippen LogP contribution in [0.5, 0.6) is 0 Å². The van der Waals surface area contributed by atoms with Crippen LogP contribution < -0.4 is 10.6 Å². The fraction of sp³-hybridized carbons (Fsp3) is 0.500. The monoisotopic (exact) mass is 667 g/mol. The quantitative estimate of drug-likeness (QED) is 0.0842. The molecule has 0 fully saturated rings. The maximum absolute atomic E-state index is 13.2. The van der Waals surface area contributed by atoms with Crippen LogP contribution in [0.3, 0.4) is 0 Å². The van der Waals surface area contributed by atoms with Crippen LogP contribution >= 0.6 is 0 Å². The average molecular weight is 668 g/mol. The van der Waals surface area contributed by atoms with E-state index < -0.39 is 30.4 Å². The lowest BCUT2D eigenvalue weighted by Gasteiger charge is -2.23. The largest absolute Gasteiger partial charge is 0.416 e. The Kier molecular flexibility index (Phi) is 16.2. The summed E-state index contributed by atoms with van der Waals surface area (Å²) in [6.07, 6.45) is -1.18. The molecule has 0 bridgehead atoms. The molecule has 2 aromatic rings. The lowest BCUT2D eigenvalue weighted by molar-refractivity contribution is -0.138. The number of amides is 2. The highest BCUT2D eigenvalue weighted by Gasteiger charge is 2.30. The van der Waals surface area contributed by atoms with Gasteiger partial charge in [-0.15, -0.1) is 6.58 Å². The fourth-order valence-electron chi connectivity index (χ4n) is 5.29. The third kappa shape index (κ3) is 14.8. The molecule has 260 valence electrons. The van der Waals surface area contributed by atoms with Gasteiger partial charge in [-0.3, -0.25) is 9.59 Å². The van der Waals surface area contributed by atoms with Crippen molar-refractivity contribution in [1.29, 1.82) is 0 Å². The van der Waals surface area contributed by atoms with Crippen molar-refractivity contribution in [3.05, 3.63) is 84.5 Å². The number of rotatable bonds is 20. The maximum Gasteiger partial charge on any atom is 0.416 e. The van der Waals surface area contributed by atoms with Crippen LogP contribution in [0.2, 0.25) is 0 Å². The minimum atomic E-state index is -4.45. The first-order valence-electron chi connectivity index (χ1n) is 16.0. The van der Waals surface area contributed by atoms with Gasteiger partial charge < -0.3 is 15.5 Å². The van der Waals surface area contributed by atoms with Gasteiger partial charge in [0.25, 0.3) is 5.91 Å². The van der Waals surface area contributed by atoms with Gasteiger partial charge in [0, 0.05) is 18.0 Å². The SMILES string of the molecule is C=CCCC(=C)C(CCCCCN(C)CCC(CC)NC(=O)c1ccccc1-c1ccc(C(F)(F)F)cc1)CC(=O)NCC(F)(F)F. The number of halogens is 6. The van der Waals surface area contributed by atoms with Gasteiger partial charge in [-0.1, -0.05) is 68.3 Å². The van der Waals surface area contributed by atoms with E-state index in [9.17, 15) is 35.9 Å². The zero-order valence-electron chi connectivity index (χ0n) is 27.3. The first kappa shape index (κ1) is 39.6. The van der Waals surface area contributed by atoms with Crippen molar-refractivity contribution in [1.82, 2.24) is 15.5 Å². The summed E-state index contributed by atoms with van der Waals surface area (Å²) in [6, 6.07) is 11.5. The van der Waals surface area contributed by atoms with E-state index in [0.29, 0.717) is 48.8 Å². The fourth-order valence-corrected chi connectivity index (χ4v) is 5.29. The smallest absolute Gasteiger partial charge is 0.349 e. The number of unbranched alkanes of at least 4 members (excludes halogenated alkanes) is 2. The molecule has 0 saturated heterocycles. The van der Waals surface area contributed by atoms with Gasteiger partial charge in [-0.05, 0) is 93.9 Å². The zero-order chi connectivity index (χ0) is 35.0. The second-order valence-corrected chi connectivity index (χ2v) is 11.9. The second kappa shape index (κ2) is 19.3. The van der Waals surface area contributed by atoms with Gasteiger partial charge in [0.15, 0.2) is 0 Å². The van der Waals surface area contributed by atoms with Crippen molar-refractivity contribution in [2.75, 3.05) is 26.7 Å². The summed E-state index contributed by atoms with van der Waals surface area (Å²) in [5, 5.41) is 5.03. The molecule has 0 radical (unpaired) electrons. The summed E-state index contributed by atoms with van der Waals surface area (Å²) in [6.45, 7) is 9.96. The summed E-state index contributed by atoms with van der Waals surface area (Å²) >= 11 is 0. The van der Waals surface area contributed by atoms with Crippen molar-refractivity contribution in [2.24, 2.45) is 5.92 Å². The number of allylic oxidation sites excluding steroid dienone is 2. The second-order valence-electron chi connectivity index (χ2n) is 11.9. The minimum absolute atomic E-state index is 0.0229. The molecular formula is C36H47F6N3O2. The number of carbonyl (C=O) groups excluding carboxylic acids is 2. The minimum Gasteiger partial charge on any atom is -0.349 e. The van der Waals surface area contributed by atoms with Crippen LogP contribution in [-0.2, 0) is 11.0 Å². The molecule has 0 aromatic heterocycles. The molecule has 0 saturated carbocycles. The van der Waals surface area contributed by atoms with Crippen molar-refractivity contribution in [3.8, 4) is 11.1 Å². The lowest BCUT2D eigenvalue weighted by atomic mass is 9.88. The molecule has 2 atom stereocenters. The average Bonchev–Trinajstić information content (AvgIpc) is 3.03. The zero-order valence-corrected chi connectivity index (χ0v) is 27.3. The molecule has 2 rings (SSSR count). The number of hydrogen-bond acceptors (Lipinski definition) is 3. The van der Waals surface area contributed by atoms with E-state index in [1.54, 1.807) is 30.3 Å². The molecular weight excluding hydrogens is 620 g/mol. The summed E-state index contributed by atoms with van der Waals surface area (Å²) in [5.74, 6) is -1.11. The van der Waals surface area contributed by atoms with Crippen LogP contribution in [0.4, 0.5) is 26.3 Å². The summed E-state index contributed by atoms with van der Waals surface area (Å²) < 4.78 is 76.5. The van der Waals surface area contributed by atoms with Crippen molar-refractivity contribution in [3.63, 3.8) is 0 Å². The van der Waals surface area contributed by atoms with Crippen LogP contribution in [0.25, 0.3) is 11.1 Å². The van der Waals surface area contributed by atoms with E-state index >= 15 is 0 Å². The lowest BCUT2D eigenvalue weighted by Crippen LogP contribution is -2.37. The number of nitrogens with one attached hydrogen (secondary N) is 2. The summed E-state index contributed by atoms with van der Waals surface area (Å²) in [7, 11) is 2.00. The normalized spacial score (nSPS) is 13.2. The van der Waals surface area contributed by atoms with Crippen molar-refractivity contribution < 1.29 is 35.9 Å². The molecule has 2 amide bonds. The standard InChI is InChI=1S/C36H47F6N3O2/c1-5-7-13-26(3)28(24-33(46)43-25-35(37,38)39)14-9-8-12-22-45(4)23-21-30(6-2)44-34(47)32-16-11-10-15-31(32)27-17-19-29(20-18-27)36(40,41)42/h5,10-11,15-20,28,30H,1,3,6-9,12-14,21-25H2,2,4H3,(H,43,46)(H,44,47). The third-order valence-corrected chi connectivity index (χ3v) is 8.14. The van der Waals surface area contributed by atoms with Crippen LogP contribution in [0.15, 0.2) is 73.3 Å². The Bertz CT molecular complexity index is 1290. The first-order chi connectivity index (χ1) is 22.1. The first-order valence-corrected chi connectivity index (χ1v) is 16.0. The Morgan fingerprint density at radius 2 is 1.62 bits per heavy atom. The van der Waals surface area contributed by atoms with E-state index in [1.165, 1.54) is 12.1 Å². The number of alkyl halides is 6. The van der Waals surface area contributed by atoms with E-state index in [2.05, 4.69) is 23.4 Å². The Balaban J connectivity index is 1.83. The molecule has 0 aliphatic rings. The third-order valence-electron chi connectivity index (χ3n) is 8.14. The van der Waals surface area contributed by atoms with E-state index in [-0.39, 0.29) is 24.3 Å². The Hall–Kier alpha value is -3.60. The number of carbonyl (C=O) groups is 2. The molecule has 0 aliphatic heterocycles. The molecule has 0 aliphatic carbocycles. The highest BCUT2D eigenvalue weighted by Crippen LogP contribution is 2.32. The molecule has 2 aromatic carbocycles. The molecule has 11 heteroatoms. The summed E-state index contributed by atoms with van der Waals surface area (Å²) in [4.78, 5) is 27.6. The van der Waals surface area contributed by atoms with E-state index in [1.807, 2.05) is 19.3 Å². The van der Waals surface area contributed by atoms with Crippen molar-refractivity contribution >= 4 is 11.8 Å². The van der Waals surface area contributed by atoms with Crippen LogP contribution in [0.1, 0.15) is 80.6 Å². The van der Waals surface area contributed by atoms with E-state index in [0.717, 1.165) is 50.1 Å².